The SMILES string of the molecule is CC(=O)CC1CCCCCN1Cc1nnc2n1CCCC2. The molecule has 21 heavy (non-hydrogen) atoms. The van der Waals surface area contributed by atoms with Gasteiger partial charge in [0.15, 0.2) is 0 Å². The average Bonchev–Trinajstić information content (AvgIpc) is 2.75. The predicted molar refractivity (Wildman–Crippen MR) is 80.9 cm³/mol. The van der Waals surface area contributed by atoms with Crippen LogP contribution in [0, 0.1) is 0 Å². The molecule has 1 atom stereocenters. The third-order valence-electron chi connectivity index (χ3n) is 4.80. The van der Waals surface area contributed by atoms with E-state index in [9.17, 15) is 4.79 Å². The summed E-state index contributed by atoms with van der Waals surface area (Å²) < 4.78 is 2.30. The van der Waals surface area contributed by atoms with Crippen LogP contribution in [-0.4, -0.2) is 38.0 Å². The third kappa shape index (κ3) is 3.51. The summed E-state index contributed by atoms with van der Waals surface area (Å²) in [6.07, 6.45) is 9.10. The third-order valence-corrected chi connectivity index (χ3v) is 4.80. The zero-order chi connectivity index (χ0) is 14.7. The zero-order valence-electron chi connectivity index (χ0n) is 13.1. The first-order valence-corrected chi connectivity index (χ1v) is 8.38. The van der Waals surface area contributed by atoms with Crippen LogP contribution in [0.25, 0.3) is 0 Å². The van der Waals surface area contributed by atoms with Crippen LogP contribution in [0.4, 0.5) is 0 Å². The number of hydrogen-bond donors (Lipinski definition) is 0. The Bertz CT molecular complexity index is 496. The lowest BCUT2D eigenvalue weighted by atomic mass is 10.0. The molecule has 0 amide bonds. The molecular formula is C16H26N4O. The lowest BCUT2D eigenvalue weighted by molar-refractivity contribution is -0.118. The Hall–Kier alpha value is -1.23. The Kier molecular flexibility index (Phi) is 4.68. The number of Topliss-reactive ketones (excluding diaryl/α,β-unsaturated/α-hetero) is 1. The quantitative estimate of drug-likeness (QED) is 0.854. The molecule has 0 spiro atoms. The summed E-state index contributed by atoms with van der Waals surface area (Å²) in [5.41, 5.74) is 0. The minimum Gasteiger partial charge on any atom is -0.314 e. The first kappa shape index (κ1) is 14.7. The van der Waals surface area contributed by atoms with Crippen LogP contribution in [0.15, 0.2) is 0 Å². The number of fused-ring (bicyclic) bond motifs is 1. The standard InChI is InChI=1S/C16H26N4O/c1-13(21)11-14-7-3-2-5-9-19(14)12-16-18-17-15-8-4-6-10-20(15)16/h14H,2-12H2,1H3. The van der Waals surface area contributed by atoms with Gasteiger partial charge >= 0.3 is 0 Å². The zero-order valence-corrected chi connectivity index (χ0v) is 13.1. The van der Waals surface area contributed by atoms with E-state index in [2.05, 4.69) is 19.7 Å². The first-order chi connectivity index (χ1) is 10.2. The first-order valence-electron chi connectivity index (χ1n) is 8.38. The molecule has 1 aromatic rings. The highest BCUT2D eigenvalue weighted by atomic mass is 16.1. The highest BCUT2D eigenvalue weighted by Gasteiger charge is 2.25. The molecule has 1 aromatic heterocycles. The maximum absolute atomic E-state index is 11.5. The van der Waals surface area contributed by atoms with Gasteiger partial charge in [0.1, 0.15) is 17.4 Å². The van der Waals surface area contributed by atoms with Crippen molar-refractivity contribution in [3.63, 3.8) is 0 Å². The summed E-state index contributed by atoms with van der Waals surface area (Å²) in [5.74, 6) is 2.55. The van der Waals surface area contributed by atoms with E-state index < -0.39 is 0 Å². The number of carbonyl (C=O) groups is 1. The van der Waals surface area contributed by atoms with Crippen molar-refractivity contribution in [2.24, 2.45) is 0 Å². The monoisotopic (exact) mass is 290 g/mol. The van der Waals surface area contributed by atoms with Crippen LogP contribution in [0.1, 0.15) is 63.5 Å². The van der Waals surface area contributed by atoms with Gasteiger partial charge in [-0.3, -0.25) is 9.69 Å². The van der Waals surface area contributed by atoms with Crippen LogP contribution < -0.4 is 0 Å². The average molecular weight is 290 g/mol. The molecule has 5 heteroatoms. The van der Waals surface area contributed by atoms with Crippen molar-refractivity contribution in [2.45, 2.75) is 77.4 Å². The summed E-state index contributed by atoms with van der Waals surface area (Å²) in [6, 6.07) is 0.390. The van der Waals surface area contributed by atoms with Crippen molar-refractivity contribution in [2.75, 3.05) is 6.54 Å². The molecule has 0 aliphatic carbocycles. The molecule has 5 nitrogen and oxygen atoms in total. The number of aromatic nitrogens is 3. The molecule has 2 aliphatic rings. The largest absolute Gasteiger partial charge is 0.314 e. The lowest BCUT2D eigenvalue weighted by Gasteiger charge is -2.29. The Morgan fingerprint density at radius 2 is 2.00 bits per heavy atom. The maximum atomic E-state index is 11.5. The van der Waals surface area contributed by atoms with E-state index in [4.69, 9.17) is 0 Å². The molecular weight excluding hydrogens is 264 g/mol. The minimum atomic E-state index is 0.301. The Balaban J connectivity index is 1.74. The summed E-state index contributed by atoms with van der Waals surface area (Å²) >= 11 is 0. The second kappa shape index (κ2) is 6.69. The molecule has 3 heterocycles. The highest BCUT2D eigenvalue weighted by molar-refractivity contribution is 5.76. The van der Waals surface area contributed by atoms with E-state index in [0.717, 1.165) is 44.1 Å². The fourth-order valence-corrected chi connectivity index (χ4v) is 3.68. The fourth-order valence-electron chi connectivity index (χ4n) is 3.68. The molecule has 3 rings (SSSR count). The van der Waals surface area contributed by atoms with Gasteiger partial charge in [-0.15, -0.1) is 10.2 Å². The van der Waals surface area contributed by atoms with E-state index in [1.807, 2.05) is 0 Å². The summed E-state index contributed by atoms with van der Waals surface area (Å²) in [7, 11) is 0. The second-order valence-corrected chi connectivity index (χ2v) is 6.52. The van der Waals surface area contributed by atoms with Gasteiger partial charge in [-0.25, -0.2) is 0 Å². The van der Waals surface area contributed by atoms with Gasteiger partial charge in [0.05, 0.1) is 6.54 Å². The number of rotatable bonds is 4. The van der Waals surface area contributed by atoms with Crippen molar-refractivity contribution in [1.82, 2.24) is 19.7 Å². The van der Waals surface area contributed by atoms with E-state index in [1.165, 1.54) is 32.1 Å². The molecule has 116 valence electrons. The smallest absolute Gasteiger partial charge is 0.147 e. The molecule has 0 saturated carbocycles. The number of carbonyl (C=O) groups excluding carboxylic acids is 1. The van der Waals surface area contributed by atoms with E-state index >= 15 is 0 Å². The normalized spacial score (nSPS) is 23.6. The maximum Gasteiger partial charge on any atom is 0.147 e. The van der Waals surface area contributed by atoms with Gasteiger partial charge in [-0.1, -0.05) is 12.8 Å². The molecule has 1 unspecified atom stereocenters. The van der Waals surface area contributed by atoms with Crippen molar-refractivity contribution >= 4 is 5.78 Å². The molecule has 1 fully saturated rings. The second-order valence-electron chi connectivity index (χ2n) is 6.52. The van der Waals surface area contributed by atoms with Crippen molar-refractivity contribution in [1.29, 1.82) is 0 Å². The predicted octanol–water partition coefficient (Wildman–Crippen LogP) is 2.34. The van der Waals surface area contributed by atoms with Crippen LogP contribution in [0.3, 0.4) is 0 Å². The molecule has 0 aromatic carbocycles. The van der Waals surface area contributed by atoms with E-state index in [1.54, 1.807) is 6.92 Å². The van der Waals surface area contributed by atoms with Gasteiger partial charge in [0, 0.05) is 25.4 Å². The van der Waals surface area contributed by atoms with Gasteiger partial charge in [-0.05, 0) is 39.2 Å². The number of likely N-dealkylation sites (tertiary alicyclic amines) is 1. The molecule has 0 bridgehead atoms. The summed E-state index contributed by atoms with van der Waals surface area (Å²) in [4.78, 5) is 14.0. The number of ketones is 1. The Labute approximate surface area is 126 Å². The number of nitrogens with zero attached hydrogens (tertiary/aromatic N) is 4. The van der Waals surface area contributed by atoms with Crippen LogP contribution in [0.5, 0.6) is 0 Å². The van der Waals surface area contributed by atoms with Crippen molar-refractivity contribution in [3.05, 3.63) is 11.6 Å². The van der Waals surface area contributed by atoms with Gasteiger partial charge in [0.2, 0.25) is 0 Å². The molecule has 0 radical (unpaired) electrons. The van der Waals surface area contributed by atoms with Gasteiger partial charge < -0.3 is 4.57 Å². The summed E-state index contributed by atoms with van der Waals surface area (Å²) in [6.45, 7) is 4.70. The topological polar surface area (TPSA) is 51.0 Å². The highest BCUT2D eigenvalue weighted by Crippen LogP contribution is 2.23. The Morgan fingerprint density at radius 1 is 1.14 bits per heavy atom. The van der Waals surface area contributed by atoms with Crippen LogP contribution >= 0.6 is 0 Å². The number of aryl methyl sites for hydroxylation is 1. The van der Waals surface area contributed by atoms with Crippen molar-refractivity contribution < 1.29 is 4.79 Å². The lowest BCUT2D eigenvalue weighted by Crippen LogP contribution is -2.36. The molecule has 2 aliphatic heterocycles. The van der Waals surface area contributed by atoms with Gasteiger partial charge in [0.25, 0.3) is 0 Å². The van der Waals surface area contributed by atoms with E-state index in [-0.39, 0.29) is 0 Å². The molecule has 0 N–H and O–H groups in total. The molecule has 1 saturated heterocycles. The van der Waals surface area contributed by atoms with E-state index in [0.29, 0.717) is 18.2 Å². The fraction of sp³-hybridized carbons (Fsp3) is 0.812. The van der Waals surface area contributed by atoms with Crippen LogP contribution in [0.2, 0.25) is 0 Å². The van der Waals surface area contributed by atoms with Crippen LogP contribution in [-0.2, 0) is 24.3 Å². The number of hydrogen-bond acceptors (Lipinski definition) is 4. The van der Waals surface area contributed by atoms with Gasteiger partial charge in [-0.2, -0.15) is 0 Å². The summed E-state index contributed by atoms with van der Waals surface area (Å²) in [5, 5.41) is 8.77. The Morgan fingerprint density at radius 3 is 2.86 bits per heavy atom. The van der Waals surface area contributed by atoms with Crippen molar-refractivity contribution in [3.8, 4) is 0 Å². The minimum absolute atomic E-state index is 0.301.